The van der Waals surface area contributed by atoms with Crippen molar-refractivity contribution in [2.24, 2.45) is 0 Å². The summed E-state index contributed by atoms with van der Waals surface area (Å²) in [4.78, 5) is 8.52. The van der Waals surface area contributed by atoms with Gasteiger partial charge in [0.15, 0.2) is 5.65 Å². The molecule has 0 bridgehead atoms. The average Bonchev–Trinajstić information content (AvgIpc) is 2.96. The van der Waals surface area contributed by atoms with Crippen molar-refractivity contribution in [3.05, 3.63) is 24.2 Å². The minimum atomic E-state index is -0.0463. The van der Waals surface area contributed by atoms with Crippen LogP contribution in [0, 0.1) is 0 Å². The van der Waals surface area contributed by atoms with Gasteiger partial charge in [-0.05, 0) is 18.6 Å². The van der Waals surface area contributed by atoms with E-state index in [9.17, 15) is 0 Å². The number of nitrogens with zero attached hydrogens (tertiary/aromatic N) is 3. The van der Waals surface area contributed by atoms with Crippen LogP contribution in [0.5, 0.6) is 0 Å². The first-order chi connectivity index (χ1) is 7.88. The minimum absolute atomic E-state index is 0.0463. The molecule has 3 heterocycles. The van der Waals surface area contributed by atoms with Crippen LogP contribution >= 0.6 is 0 Å². The molecule has 0 amide bonds. The van der Waals surface area contributed by atoms with Gasteiger partial charge in [0.25, 0.3) is 0 Å². The third-order valence-corrected chi connectivity index (χ3v) is 2.96. The van der Waals surface area contributed by atoms with Gasteiger partial charge in [0, 0.05) is 6.61 Å². The fourth-order valence-corrected chi connectivity index (χ4v) is 2.08. The molecule has 5 heteroatoms. The Hall–Kier alpha value is -1.46. The molecule has 0 aromatic carbocycles. The number of aliphatic hydroxyl groups excluding tert-OH is 1. The molecule has 0 saturated carbocycles. The highest BCUT2D eigenvalue weighted by Crippen LogP contribution is 2.23. The summed E-state index contributed by atoms with van der Waals surface area (Å²) in [5.74, 6) is 0. The van der Waals surface area contributed by atoms with Gasteiger partial charge in [-0.3, -0.25) is 0 Å². The van der Waals surface area contributed by atoms with E-state index in [1.807, 2.05) is 12.1 Å². The first kappa shape index (κ1) is 9.74. The van der Waals surface area contributed by atoms with Crippen LogP contribution in [0.25, 0.3) is 11.2 Å². The van der Waals surface area contributed by atoms with E-state index in [0.29, 0.717) is 17.4 Å². The van der Waals surface area contributed by atoms with Gasteiger partial charge in [-0.25, -0.2) is 9.97 Å². The lowest BCUT2D eigenvalue weighted by Gasteiger charge is -2.10. The lowest BCUT2D eigenvalue weighted by Crippen LogP contribution is -2.07. The summed E-state index contributed by atoms with van der Waals surface area (Å²) in [5, 5.41) is 9.00. The summed E-state index contributed by atoms with van der Waals surface area (Å²) < 4.78 is 7.47. The molecule has 2 aromatic heterocycles. The van der Waals surface area contributed by atoms with Gasteiger partial charge >= 0.3 is 0 Å². The van der Waals surface area contributed by atoms with E-state index < -0.39 is 0 Å². The minimum Gasteiger partial charge on any atom is -0.390 e. The quantitative estimate of drug-likeness (QED) is 0.814. The SMILES string of the molecule is OCc1ccc2c(ncn2C2CCOC2)n1. The predicted octanol–water partition coefficient (Wildman–Crippen LogP) is 0.885. The van der Waals surface area contributed by atoms with E-state index >= 15 is 0 Å². The molecule has 1 saturated heterocycles. The van der Waals surface area contributed by atoms with Crippen molar-refractivity contribution < 1.29 is 9.84 Å². The number of ether oxygens (including phenoxy) is 1. The molecule has 5 nitrogen and oxygen atoms in total. The first-order valence-electron chi connectivity index (χ1n) is 5.39. The number of pyridine rings is 1. The van der Waals surface area contributed by atoms with Crippen molar-refractivity contribution in [3.63, 3.8) is 0 Å². The van der Waals surface area contributed by atoms with Crippen molar-refractivity contribution in [2.75, 3.05) is 13.2 Å². The third-order valence-electron chi connectivity index (χ3n) is 2.96. The third kappa shape index (κ3) is 1.48. The summed E-state index contributed by atoms with van der Waals surface area (Å²) in [6.07, 6.45) is 2.82. The topological polar surface area (TPSA) is 60.2 Å². The van der Waals surface area contributed by atoms with Gasteiger partial charge in [0.05, 0.1) is 36.8 Å². The first-order valence-corrected chi connectivity index (χ1v) is 5.39. The van der Waals surface area contributed by atoms with Gasteiger partial charge in [0.1, 0.15) is 0 Å². The fourth-order valence-electron chi connectivity index (χ4n) is 2.08. The predicted molar refractivity (Wildman–Crippen MR) is 57.9 cm³/mol. The van der Waals surface area contributed by atoms with E-state index in [1.165, 1.54) is 0 Å². The molecule has 0 aliphatic carbocycles. The maximum atomic E-state index is 9.00. The molecule has 1 aliphatic rings. The van der Waals surface area contributed by atoms with Gasteiger partial charge in [-0.1, -0.05) is 0 Å². The van der Waals surface area contributed by atoms with Crippen LogP contribution in [0.3, 0.4) is 0 Å². The maximum absolute atomic E-state index is 9.00. The summed E-state index contributed by atoms with van der Waals surface area (Å²) in [6.45, 7) is 1.51. The van der Waals surface area contributed by atoms with E-state index in [4.69, 9.17) is 9.84 Å². The molecule has 2 aromatic rings. The molecule has 1 unspecified atom stereocenters. The molecule has 1 fully saturated rings. The van der Waals surface area contributed by atoms with Crippen molar-refractivity contribution in [3.8, 4) is 0 Å². The van der Waals surface area contributed by atoms with Crippen LogP contribution in [-0.2, 0) is 11.3 Å². The molecule has 0 spiro atoms. The Morgan fingerprint density at radius 1 is 1.50 bits per heavy atom. The molecule has 16 heavy (non-hydrogen) atoms. The van der Waals surface area contributed by atoms with Crippen molar-refractivity contribution in [1.29, 1.82) is 0 Å². The zero-order valence-corrected chi connectivity index (χ0v) is 8.83. The molecular formula is C11H13N3O2. The molecule has 1 N–H and O–H groups in total. The Balaban J connectivity index is 2.06. The molecule has 1 atom stereocenters. The fraction of sp³-hybridized carbons (Fsp3) is 0.455. The van der Waals surface area contributed by atoms with Crippen molar-refractivity contribution in [1.82, 2.24) is 14.5 Å². The average molecular weight is 219 g/mol. The van der Waals surface area contributed by atoms with Crippen LogP contribution < -0.4 is 0 Å². The van der Waals surface area contributed by atoms with E-state index in [1.54, 1.807) is 6.33 Å². The molecule has 3 rings (SSSR count). The lowest BCUT2D eigenvalue weighted by molar-refractivity contribution is 0.187. The monoisotopic (exact) mass is 219 g/mol. The number of fused-ring (bicyclic) bond motifs is 1. The largest absolute Gasteiger partial charge is 0.390 e. The Labute approximate surface area is 92.7 Å². The second-order valence-corrected chi connectivity index (χ2v) is 3.97. The van der Waals surface area contributed by atoms with Gasteiger partial charge in [0.2, 0.25) is 0 Å². The lowest BCUT2D eigenvalue weighted by atomic mass is 10.2. The Morgan fingerprint density at radius 2 is 2.44 bits per heavy atom. The normalized spacial score (nSPS) is 20.7. The second kappa shape index (κ2) is 3.84. The van der Waals surface area contributed by atoms with E-state index in [2.05, 4.69) is 14.5 Å². The number of imidazole rings is 1. The van der Waals surface area contributed by atoms with Crippen LogP contribution in [0.1, 0.15) is 18.2 Å². The zero-order chi connectivity index (χ0) is 11.0. The Morgan fingerprint density at radius 3 is 3.19 bits per heavy atom. The number of aliphatic hydroxyl groups is 1. The van der Waals surface area contributed by atoms with Crippen LogP contribution in [-0.4, -0.2) is 32.9 Å². The van der Waals surface area contributed by atoms with Crippen molar-refractivity contribution >= 4 is 11.2 Å². The Bertz CT molecular complexity index is 503. The van der Waals surface area contributed by atoms with Crippen LogP contribution in [0.15, 0.2) is 18.5 Å². The molecule has 1 aliphatic heterocycles. The summed E-state index contributed by atoms with van der Waals surface area (Å²) >= 11 is 0. The number of hydrogen-bond acceptors (Lipinski definition) is 4. The summed E-state index contributed by atoms with van der Waals surface area (Å²) in [6, 6.07) is 4.15. The second-order valence-electron chi connectivity index (χ2n) is 3.97. The van der Waals surface area contributed by atoms with Crippen LogP contribution in [0.4, 0.5) is 0 Å². The van der Waals surface area contributed by atoms with E-state index in [0.717, 1.165) is 25.2 Å². The molecular weight excluding hydrogens is 206 g/mol. The maximum Gasteiger partial charge on any atom is 0.177 e. The highest BCUT2D eigenvalue weighted by Gasteiger charge is 2.19. The number of hydrogen-bond donors (Lipinski definition) is 1. The zero-order valence-electron chi connectivity index (χ0n) is 8.83. The number of rotatable bonds is 2. The Kier molecular flexibility index (Phi) is 2.34. The van der Waals surface area contributed by atoms with E-state index in [-0.39, 0.29) is 6.61 Å². The van der Waals surface area contributed by atoms with Gasteiger partial charge in [-0.15, -0.1) is 0 Å². The number of aromatic nitrogens is 3. The standard InChI is InChI=1S/C11H13N3O2/c15-5-8-1-2-10-11(13-8)12-7-14(10)9-3-4-16-6-9/h1-2,7,9,15H,3-6H2. The van der Waals surface area contributed by atoms with Crippen molar-refractivity contribution in [2.45, 2.75) is 19.1 Å². The summed E-state index contributed by atoms with van der Waals surface area (Å²) in [7, 11) is 0. The van der Waals surface area contributed by atoms with Crippen LogP contribution in [0.2, 0.25) is 0 Å². The molecule has 84 valence electrons. The summed E-state index contributed by atoms with van der Waals surface area (Å²) in [5.41, 5.74) is 2.35. The highest BCUT2D eigenvalue weighted by molar-refractivity contribution is 5.71. The smallest absolute Gasteiger partial charge is 0.177 e. The highest BCUT2D eigenvalue weighted by atomic mass is 16.5. The van der Waals surface area contributed by atoms with Gasteiger partial charge in [-0.2, -0.15) is 0 Å². The van der Waals surface area contributed by atoms with Gasteiger partial charge < -0.3 is 14.4 Å². The molecule has 0 radical (unpaired) electrons.